The lowest BCUT2D eigenvalue weighted by molar-refractivity contribution is 1.00. The summed E-state index contributed by atoms with van der Waals surface area (Å²) >= 11 is 0. The molecule has 0 saturated carbocycles. The van der Waals surface area contributed by atoms with Gasteiger partial charge >= 0.3 is 0 Å². The van der Waals surface area contributed by atoms with Crippen LogP contribution in [0.3, 0.4) is 0 Å². The molecule has 0 heterocycles. The minimum absolute atomic E-state index is 1.10. The number of unbranched alkanes of at least 4 members (excludes halogenated alkanes) is 2. The van der Waals surface area contributed by atoms with Gasteiger partial charge in [0.15, 0.2) is 0 Å². The lowest BCUT2D eigenvalue weighted by atomic mass is 10.2. The molecule has 0 atom stereocenters. The van der Waals surface area contributed by atoms with Gasteiger partial charge in [0, 0.05) is 0 Å². The van der Waals surface area contributed by atoms with E-state index in [-0.39, 0.29) is 0 Å². The van der Waals surface area contributed by atoms with Gasteiger partial charge in [0.05, 0.1) is 0 Å². The predicted octanol–water partition coefficient (Wildman–Crippen LogP) is 3.87. The van der Waals surface area contributed by atoms with Crippen LogP contribution in [0.25, 0.3) is 0 Å². The fourth-order valence-corrected chi connectivity index (χ4v) is 0.809. The summed E-state index contributed by atoms with van der Waals surface area (Å²) in [5, 5.41) is 0. The van der Waals surface area contributed by atoms with E-state index in [1.807, 2.05) is 6.08 Å². The standard InChI is InChI=1S/C11H18/c1-3-5-7-9-11-10-8-6-4-2/h3-4,6,9,11H,1,5,7-8,10H2,2H3/b6-4+,11-9+. The maximum absolute atomic E-state index is 3.66. The molecule has 0 aromatic carbocycles. The first-order chi connectivity index (χ1) is 5.41. The highest BCUT2D eigenvalue weighted by atomic mass is 13.8. The smallest absolute Gasteiger partial charge is 0.0316 e. The molecule has 11 heavy (non-hydrogen) atoms. The summed E-state index contributed by atoms with van der Waals surface area (Å²) in [6, 6.07) is 0. The minimum atomic E-state index is 1.10. The van der Waals surface area contributed by atoms with Gasteiger partial charge in [0.25, 0.3) is 0 Å². The SMILES string of the molecule is C=CCC/C=C/CC/C=C/C. The second-order valence-corrected chi connectivity index (χ2v) is 2.48. The van der Waals surface area contributed by atoms with E-state index in [0.717, 1.165) is 12.8 Å². The number of rotatable bonds is 6. The van der Waals surface area contributed by atoms with Crippen molar-refractivity contribution in [1.82, 2.24) is 0 Å². The van der Waals surface area contributed by atoms with E-state index in [2.05, 4.69) is 37.8 Å². The highest BCUT2D eigenvalue weighted by molar-refractivity contribution is 4.87. The Morgan fingerprint density at radius 3 is 2.00 bits per heavy atom. The molecular formula is C11H18. The third kappa shape index (κ3) is 9.22. The van der Waals surface area contributed by atoms with Crippen LogP contribution in [-0.2, 0) is 0 Å². The molecule has 0 aliphatic carbocycles. The molecule has 0 aliphatic rings. The largest absolute Gasteiger partial charge is 0.103 e. The van der Waals surface area contributed by atoms with E-state index in [4.69, 9.17) is 0 Å². The van der Waals surface area contributed by atoms with E-state index >= 15 is 0 Å². The summed E-state index contributed by atoms with van der Waals surface area (Å²) in [5.41, 5.74) is 0. The Kier molecular flexibility index (Phi) is 8.57. The van der Waals surface area contributed by atoms with Crippen molar-refractivity contribution in [2.75, 3.05) is 0 Å². The van der Waals surface area contributed by atoms with Crippen LogP contribution in [-0.4, -0.2) is 0 Å². The van der Waals surface area contributed by atoms with Crippen LogP contribution in [0.1, 0.15) is 32.6 Å². The lowest BCUT2D eigenvalue weighted by Gasteiger charge is -1.86. The maximum Gasteiger partial charge on any atom is -0.0316 e. The van der Waals surface area contributed by atoms with E-state index in [1.165, 1.54) is 12.8 Å². The van der Waals surface area contributed by atoms with Crippen molar-refractivity contribution in [1.29, 1.82) is 0 Å². The van der Waals surface area contributed by atoms with Gasteiger partial charge in [-0.2, -0.15) is 0 Å². The van der Waals surface area contributed by atoms with Crippen molar-refractivity contribution in [3.8, 4) is 0 Å². The van der Waals surface area contributed by atoms with Gasteiger partial charge in [-0.15, -0.1) is 6.58 Å². The van der Waals surface area contributed by atoms with E-state index in [1.54, 1.807) is 0 Å². The van der Waals surface area contributed by atoms with Crippen molar-refractivity contribution in [2.45, 2.75) is 32.6 Å². The second-order valence-electron chi connectivity index (χ2n) is 2.48. The molecule has 0 N–H and O–H groups in total. The van der Waals surface area contributed by atoms with Gasteiger partial charge in [-0.05, 0) is 32.6 Å². The predicted molar refractivity (Wildman–Crippen MR) is 52.6 cm³/mol. The molecule has 0 rings (SSSR count). The number of hydrogen-bond acceptors (Lipinski definition) is 0. The summed E-state index contributed by atoms with van der Waals surface area (Å²) in [4.78, 5) is 0. The van der Waals surface area contributed by atoms with Crippen molar-refractivity contribution in [3.63, 3.8) is 0 Å². The zero-order valence-corrected chi connectivity index (χ0v) is 7.42. The monoisotopic (exact) mass is 150 g/mol. The molecular weight excluding hydrogens is 132 g/mol. The first kappa shape index (κ1) is 10.2. The van der Waals surface area contributed by atoms with Gasteiger partial charge in [0.2, 0.25) is 0 Å². The van der Waals surface area contributed by atoms with Crippen molar-refractivity contribution in [3.05, 3.63) is 37.0 Å². The van der Waals surface area contributed by atoms with Gasteiger partial charge < -0.3 is 0 Å². The normalized spacial score (nSPS) is 11.4. The minimum Gasteiger partial charge on any atom is -0.103 e. The summed E-state index contributed by atoms with van der Waals surface area (Å²) in [6.45, 7) is 5.72. The van der Waals surface area contributed by atoms with E-state index in [0.29, 0.717) is 0 Å². The van der Waals surface area contributed by atoms with E-state index in [9.17, 15) is 0 Å². The summed E-state index contributed by atoms with van der Waals surface area (Å²) in [6.07, 6.45) is 15.3. The molecule has 0 aromatic heterocycles. The molecule has 0 bridgehead atoms. The van der Waals surface area contributed by atoms with Gasteiger partial charge in [0.1, 0.15) is 0 Å². The average molecular weight is 150 g/mol. The van der Waals surface area contributed by atoms with Gasteiger partial charge in [-0.3, -0.25) is 0 Å². The fraction of sp³-hybridized carbons (Fsp3) is 0.455. The highest BCUT2D eigenvalue weighted by Gasteiger charge is 1.76. The Balaban J connectivity index is 3.09. The van der Waals surface area contributed by atoms with Crippen LogP contribution >= 0.6 is 0 Å². The molecule has 0 nitrogen and oxygen atoms in total. The molecule has 0 aliphatic heterocycles. The van der Waals surface area contributed by atoms with Crippen molar-refractivity contribution >= 4 is 0 Å². The van der Waals surface area contributed by atoms with Gasteiger partial charge in [-0.25, -0.2) is 0 Å². The molecule has 0 fully saturated rings. The van der Waals surface area contributed by atoms with Crippen LogP contribution in [0, 0.1) is 0 Å². The lowest BCUT2D eigenvalue weighted by Crippen LogP contribution is -1.65. The quantitative estimate of drug-likeness (QED) is 0.398. The first-order valence-corrected chi connectivity index (χ1v) is 4.29. The Labute approximate surface area is 70.3 Å². The first-order valence-electron chi connectivity index (χ1n) is 4.29. The fourth-order valence-electron chi connectivity index (χ4n) is 0.809. The molecule has 0 saturated heterocycles. The molecule has 0 spiro atoms. The third-order valence-corrected chi connectivity index (χ3v) is 1.44. The maximum atomic E-state index is 3.66. The molecule has 0 amide bonds. The van der Waals surface area contributed by atoms with Crippen LogP contribution < -0.4 is 0 Å². The Bertz CT molecular complexity index is 129. The Morgan fingerprint density at radius 2 is 1.45 bits per heavy atom. The molecule has 0 aromatic rings. The van der Waals surface area contributed by atoms with Crippen LogP contribution in [0.5, 0.6) is 0 Å². The van der Waals surface area contributed by atoms with Crippen LogP contribution in [0.15, 0.2) is 37.0 Å². The average Bonchev–Trinajstić information content (AvgIpc) is 2.03. The van der Waals surface area contributed by atoms with Crippen LogP contribution in [0.4, 0.5) is 0 Å². The number of hydrogen-bond donors (Lipinski definition) is 0. The molecule has 0 radical (unpaired) electrons. The molecule has 62 valence electrons. The van der Waals surface area contributed by atoms with Crippen molar-refractivity contribution in [2.24, 2.45) is 0 Å². The second kappa shape index (κ2) is 9.22. The molecule has 0 unspecified atom stereocenters. The zero-order valence-electron chi connectivity index (χ0n) is 7.42. The molecule has 0 heteroatoms. The highest BCUT2D eigenvalue weighted by Crippen LogP contribution is 1.96. The summed E-state index contributed by atoms with van der Waals surface area (Å²) in [7, 11) is 0. The van der Waals surface area contributed by atoms with Crippen LogP contribution in [0.2, 0.25) is 0 Å². The Hall–Kier alpha value is -0.780. The summed E-state index contributed by atoms with van der Waals surface area (Å²) < 4.78 is 0. The number of allylic oxidation sites excluding steroid dienone is 5. The third-order valence-electron chi connectivity index (χ3n) is 1.44. The zero-order chi connectivity index (χ0) is 8.36. The topological polar surface area (TPSA) is 0 Å². The van der Waals surface area contributed by atoms with E-state index < -0.39 is 0 Å². The van der Waals surface area contributed by atoms with Crippen molar-refractivity contribution < 1.29 is 0 Å². The van der Waals surface area contributed by atoms with Gasteiger partial charge in [-0.1, -0.05) is 30.4 Å². The Morgan fingerprint density at radius 1 is 0.909 bits per heavy atom. The summed E-state index contributed by atoms with van der Waals surface area (Å²) in [5.74, 6) is 0.